The summed E-state index contributed by atoms with van der Waals surface area (Å²) in [7, 11) is 0. The lowest BCUT2D eigenvalue weighted by Gasteiger charge is -2.08. The number of carbonyl (C=O) groups excluding carboxylic acids is 1. The van der Waals surface area contributed by atoms with Gasteiger partial charge in [-0.3, -0.25) is 4.79 Å². The lowest BCUT2D eigenvalue weighted by Crippen LogP contribution is -2.23. The van der Waals surface area contributed by atoms with Crippen molar-refractivity contribution in [2.24, 2.45) is 0 Å². The fourth-order valence-corrected chi connectivity index (χ4v) is 2.35. The average molecular weight is 325 g/mol. The van der Waals surface area contributed by atoms with Crippen LogP contribution in [0.2, 0.25) is 0 Å². The molecular formula is C18H16FN3O2. The van der Waals surface area contributed by atoms with Crippen LogP contribution in [-0.4, -0.2) is 20.8 Å². The molecule has 5 nitrogen and oxygen atoms in total. The van der Waals surface area contributed by atoms with Gasteiger partial charge in [0.25, 0.3) is 5.91 Å². The molecule has 0 saturated carbocycles. The summed E-state index contributed by atoms with van der Waals surface area (Å²) in [5, 5.41) is 16.0. The van der Waals surface area contributed by atoms with E-state index < -0.39 is 5.82 Å². The van der Waals surface area contributed by atoms with Crippen LogP contribution in [0.4, 0.5) is 4.39 Å². The Labute approximate surface area is 138 Å². The van der Waals surface area contributed by atoms with Crippen LogP contribution in [0.3, 0.4) is 0 Å². The molecule has 0 bridgehead atoms. The number of carbonyl (C=O) groups is 1. The molecule has 0 aliphatic rings. The Hall–Kier alpha value is -2.99. The first-order valence-electron chi connectivity index (χ1n) is 7.44. The molecule has 2 aromatic carbocycles. The Morgan fingerprint density at radius 3 is 2.83 bits per heavy atom. The fourth-order valence-electron chi connectivity index (χ4n) is 2.35. The van der Waals surface area contributed by atoms with E-state index in [-0.39, 0.29) is 24.6 Å². The van der Waals surface area contributed by atoms with Gasteiger partial charge in [0.15, 0.2) is 0 Å². The third-order valence-electron chi connectivity index (χ3n) is 3.61. The second kappa shape index (κ2) is 7.06. The second-order valence-corrected chi connectivity index (χ2v) is 5.27. The third-order valence-corrected chi connectivity index (χ3v) is 3.61. The molecule has 122 valence electrons. The monoisotopic (exact) mass is 325 g/mol. The van der Waals surface area contributed by atoms with Gasteiger partial charge in [-0.2, -0.15) is 5.10 Å². The van der Waals surface area contributed by atoms with E-state index >= 15 is 0 Å². The molecule has 6 heteroatoms. The summed E-state index contributed by atoms with van der Waals surface area (Å²) in [4.78, 5) is 12.3. The van der Waals surface area contributed by atoms with Crippen molar-refractivity contribution >= 4 is 5.91 Å². The highest BCUT2D eigenvalue weighted by atomic mass is 19.1. The van der Waals surface area contributed by atoms with Crippen LogP contribution in [-0.2, 0) is 13.2 Å². The first kappa shape index (κ1) is 15.9. The van der Waals surface area contributed by atoms with E-state index in [0.717, 1.165) is 11.3 Å². The van der Waals surface area contributed by atoms with Crippen molar-refractivity contribution in [3.63, 3.8) is 0 Å². The molecule has 0 fully saturated rings. The second-order valence-electron chi connectivity index (χ2n) is 5.27. The van der Waals surface area contributed by atoms with E-state index in [9.17, 15) is 9.18 Å². The summed E-state index contributed by atoms with van der Waals surface area (Å²) >= 11 is 0. The Kier molecular flexibility index (Phi) is 4.67. The van der Waals surface area contributed by atoms with Gasteiger partial charge in [0, 0.05) is 30.1 Å². The molecule has 2 N–H and O–H groups in total. The highest BCUT2D eigenvalue weighted by Gasteiger charge is 2.08. The minimum absolute atomic E-state index is 0.211. The molecule has 0 aliphatic carbocycles. The maximum absolute atomic E-state index is 13.4. The first-order valence-corrected chi connectivity index (χ1v) is 7.44. The minimum Gasteiger partial charge on any atom is -0.392 e. The Morgan fingerprint density at radius 2 is 2.08 bits per heavy atom. The third kappa shape index (κ3) is 3.49. The van der Waals surface area contributed by atoms with Gasteiger partial charge in [-0.15, -0.1) is 0 Å². The highest BCUT2D eigenvalue weighted by Crippen LogP contribution is 2.12. The lowest BCUT2D eigenvalue weighted by molar-refractivity contribution is 0.0951. The molecule has 0 atom stereocenters. The van der Waals surface area contributed by atoms with Gasteiger partial charge in [-0.1, -0.05) is 12.1 Å². The molecule has 1 heterocycles. The standard InChI is InChI=1S/C18H16FN3O2/c19-17-6-5-13(9-15(17)12-23)11-20-18(24)14-3-1-4-16(10-14)22-8-2-7-21-22/h1-10,23H,11-12H2,(H,20,24). The van der Waals surface area contributed by atoms with Crippen LogP contribution in [0.1, 0.15) is 21.5 Å². The number of hydrogen-bond acceptors (Lipinski definition) is 3. The van der Waals surface area contributed by atoms with Crippen molar-refractivity contribution in [1.82, 2.24) is 15.1 Å². The fraction of sp³-hybridized carbons (Fsp3) is 0.111. The topological polar surface area (TPSA) is 67.2 Å². The van der Waals surface area contributed by atoms with E-state index in [1.54, 1.807) is 47.4 Å². The van der Waals surface area contributed by atoms with Crippen molar-refractivity contribution in [3.05, 3.63) is 83.4 Å². The maximum atomic E-state index is 13.4. The van der Waals surface area contributed by atoms with Gasteiger partial charge in [-0.05, 0) is 42.0 Å². The molecule has 3 rings (SSSR count). The van der Waals surface area contributed by atoms with Crippen LogP contribution < -0.4 is 5.32 Å². The normalized spacial score (nSPS) is 10.6. The zero-order chi connectivity index (χ0) is 16.9. The van der Waals surface area contributed by atoms with Crippen LogP contribution in [0.15, 0.2) is 60.9 Å². The predicted octanol–water partition coefficient (Wildman–Crippen LogP) is 2.43. The number of halogens is 1. The quantitative estimate of drug-likeness (QED) is 0.757. The largest absolute Gasteiger partial charge is 0.392 e. The van der Waals surface area contributed by atoms with Crippen molar-refractivity contribution in [3.8, 4) is 5.69 Å². The van der Waals surface area contributed by atoms with E-state index in [1.807, 2.05) is 6.07 Å². The zero-order valence-electron chi connectivity index (χ0n) is 12.8. The van der Waals surface area contributed by atoms with E-state index in [4.69, 9.17) is 5.11 Å². The minimum atomic E-state index is -0.459. The summed E-state index contributed by atoms with van der Waals surface area (Å²) in [5.74, 6) is -0.696. The van der Waals surface area contributed by atoms with Crippen LogP contribution in [0, 0.1) is 5.82 Å². The molecule has 3 aromatic rings. The number of rotatable bonds is 5. The summed E-state index contributed by atoms with van der Waals surface area (Å²) in [6.07, 6.45) is 3.46. The lowest BCUT2D eigenvalue weighted by atomic mass is 10.1. The molecule has 24 heavy (non-hydrogen) atoms. The molecule has 1 amide bonds. The number of nitrogens with one attached hydrogen (secondary N) is 1. The number of amides is 1. The molecule has 0 saturated heterocycles. The van der Waals surface area contributed by atoms with Crippen molar-refractivity contribution in [2.45, 2.75) is 13.2 Å². The first-order chi connectivity index (χ1) is 11.7. The highest BCUT2D eigenvalue weighted by molar-refractivity contribution is 5.94. The summed E-state index contributed by atoms with van der Waals surface area (Å²) in [6.45, 7) is -0.127. The Bertz CT molecular complexity index is 847. The molecule has 1 aromatic heterocycles. The zero-order valence-corrected chi connectivity index (χ0v) is 12.8. The van der Waals surface area contributed by atoms with Crippen LogP contribution >= 0.6 is 0 Å². The van der Waals surface area contributed by atoms with Crippen molar-refractivity contribution < 1.29 is 14.3 Å². The molecule has 0 aliphatic heterocycles. The number of hydrogen-bond donors (Lipinski definition) is 2. The van der Waals surface area contributed by atoms with E-state index in [0.29, 0.717) is 5.56 Å². The summed E-state index contributed by atoms with van der Waals surface area (Å²) < 4.78 is 15.0. The van der Waals surface area contributed by atoms with E-state index in [2.05, 4.69) is 10.4 Å². The maximum Gasteiger partial charge on any atom is 0.251 e. The van der Waals surface area contributed by atoms with Gasteiger partial charge in [0.1, 0.15) is 5.82 Å². The van der Waals surface area contributed by atoms with Gasteiger partial charge >= 0.3 is 0 Å². The molecule has 0 spiro atoms. The SMILES string of the molecule is O=C(NCc1ccc(F)c(CO)c1)c1cccc(-n2cccn2)c1. The number of aromatic nitrogens is 2. The summed E-state index contributed by atoms with van der Waals surface area (Å²) in [6, 6.07) is 13.3. The van der Waals surface area contributed by atoms with Crippen molar-refractivity contribution in [1.29, 1.82) is 0 Å². The molecule has 0 unspecified atom stereocenters. The smallest absolute Gasteiger partial charge is 0.251 e. The Morgan fingerprint density at radius 1 is 1.21 bits per heavy atom. The number of aliphatic hydroxyl groups excluding tert-OH is 1. The van der Waals surface area contributed by atoms with Gasteiger partial charge in [-0.25, -0.2) is 9.07 Å². The number of aliphatic hydroxyl groups is 1. The van der Waals surface area contributed by atoms with Crippen molar-refractivity contribution in [2.75, 3.05) is 0 Å². The Balaban J connectivity index is 1.70. The van der Waals surface area contributed by atoms with E-state index in [1.165, 1.54) is 12.1 Å². The van der Waals surface area contributed by atoms with Gasteiger partial charge < -0.3 is 10.4 Å². The molecular weight excluding hydrogens is 309 g/mol. The van der Waals surface area contributed by atoms with Gasteiger partial charge in [0.05, 0.1) is 12.3 Å². The number of benzene rings is 2. The van der Waals surface area contributed by atoms with Crippen LogP contribution in [0.5, 0.6) is 0 Å². The van der Waals surface area contributed by atoms with Crippen LogP contribution in [0.25, 0.3) is 5.69 Å². The predicted molar refractivity (Wildman–Crippen MR) is 87.1 cm³/mol. The average Bonchev–Trinajstić information content (AvgIpc) is 3.15. The van der Waals surface area contributed by atoms with Gasteiger partial charge in [0.2, 0.25) is 0 Å². The molecule has 0 radical (unpaired) electrons. The summed E-state index contributed by atoms with van der Waals surface area (Å²) in [5.41, 5.74) is 2.23. The number of nitrogens with zero attached hydrogens (tertiary/aromatic N) is 2.